The van der Waals surface area contributed by atoms with Crippen molar-refractivity contribution in [3.8, 4) is 0 Å². The quantitative estimate of drug-likeness (QED) is 0.251. The monoisotopic (exact) mass is 579 g/mol. The minimum absolute atomic E-state index is 0.0461. The Hall–Kier alpha value is -3.53. The number of piperidine rings is 1. The van der Waals surface area contributed by atoms with E-state index in [4.69, 9.17) is 0 Å². The highest BCUT2D eigenvalue weighted by molar-refractivity contribution is 7.89. The van der Waals surface area contributed by atoms with Crippen LogP contribution in [0.2, 0.25) is 0 Å². The normalized spacial score (nSPS) is 15.2. The minimum Gasteiger partial charge on any atom is -0.348 e. The van der Waals surface area contributed by atoms with E-state index in [0.29, 0.717) is 22.9 Å². The van der Waals surface area contributed by atoms with Gasteiger partial charge in [-0.3, -0.25) is 14.4 Å². The van der Waals surface area contributed by atoms with Crippen LogP contribution in [0.25, 0.3) is 0 Å². The van der Waals surface area contributed by atoms with Crippen LogP contribution in [-0.2, 0) is 26.2 Å². The molecule has 3 amide bonds. The van der Waals surface area contributed by atoms with Crippen molar-refractivity contribution in [1.82, 2.24) is 19.5 Å². The van der Waals surface area contributed by atoms with Gasteiger partial charge < -0.3 is 20.1 Å². The van der Waals surface area contributed by atoms with E-state index in [1.165, 1.54) is 4.90 Å². The van der Waals surface area contributed by atoms with Crippen LogP contribution in [0.1, 0.15) is 37.2 Å². The summed E-state index contributed by atoms with van der Waals surface area (Å²) in [6.45, 7) is 2.43. The zero-order valence-corrected chi connectivity index (χ0v) is 21.7. The summed E-state index contributed by atoms with van der Waals surface area (Å²) in [6, 6.07) is 0.113. The number of likely N-dealkylation sites (N-methyl/N-ethyl adjacent to an activating group) is 1. The number of nitrogens with one attached hydrogen (secondary N) is 3. The number of benzene rings is 1. The fourth-order valence-electron chi connectivity index (χ4n) is 4.02. The summed E-state index contributed by atoms with van der Waals surface area (Å²) in [7, 11) is -4.62. The van der Waals surface area contributed by atoms with Gasteiger partial charge >= 0.3 is 11.8 Å². The van der Waals surface area contributed by atoms with Crippen molar-refractivity contribution < 1.29 is 44.8 Å². The Bertz CT molecular complexity index is 1350. The number of sulfonamides is 1. The summed E-state index contributed by atoms with van der Waals surface area (Å²) in [5, 5.41) is 4.32. The minimum atomic E-state index is -4.62. The number of likely N-dealkylation sites (tertiary alicyclic amines) is 1. The average Bonchev–Trinajstić information content (AvgIpc) is 3.18. The summed E-state index contributed by atoms with van der Waals surface area (Å²) in [6.07, 6.45) is -0.742. The molecule has 0 radical (unpaired) electrons. The molecule has 39 heavy (non-hydrogen) atoms. The summed E-state index contributed by atoms with van der Waals surface area (Å²) >= 11 is 0. The molecule has 3 rings (SSSR count). The first kappa shape index (κ1) is 30.0. The lowest BCUT2D eigenvalue weighted by molar-refractivity contribution is -0.146. The number of nitrogens with zero attached hydrogens (tertiary/aromatic N) is 2. The van der Waals surface area contributed by atoms with E-state index < -0.39 is 86.0 Å². The van der Waals surface area contributed by atoms with Crippen molar-refractivity contribution in [1.29, 1.82) is 0 Å². The molecule has 1 fully saturated rings. The number of hydrogen-bond acceptors (Lipinski definition) is 5. The summed E-state index contributed by atoms with van der Waals surface area (Å²) < 4.78 is 98.4. The van der Waals surface area contributed by atoms with E-state index in [2.05, 4.69) is 10.0 Å². The Labute approximate surface area is 220 Å². The van der Waals surface area contributed by atoms with Crippen molar-refractivity contribution in [2.24, 2.45) is 0 Å². The smallest absolute Gasteiger partial charge is 0.311 e. The molecule has 1 aromatic heterocycles. The van der Waals surface area contributed by atoms with Crippen LogP contribution in [0.4, 0.5) is 27.6 Å². The predicted octanol–water partition coefficient (Wildman–Crippen LogP) is 2.06. The summed E-state index contributed by atoms with van der Waals surface area (Å²) in [5.74, 6) is -9.54. The zero-order valence-electron chi connectivity index (χ0n) is 20.9. The topological polar surface area (TPSA) is 130 Å². The Balaban J connectivity index is 1.81. The largest absolute Gasteiger partial charge is 0.348 e. The van der Waals surface area contributed by atoms with E-state index in [1.54, 1.807) is 6.92 Å². The third kappa shape index (κ3) is 6.92. The lowest BCUT2D eigenvalue weighted by Crippen LogP contribution is -2.50. The summed E-state index contributed by atoms with van der Waals surface area (Å²) in [5.41, 5.74) is -1.53. The van der Waals surface area contributed by atoms with E-state index in [9.17, 15) is 40.4 Å². The fraction of sp³-hybridized carbons (Fsp3) is 0.435. The number of carbonyl (C=O) groups is 3. The molecule has 1 saturated heterocycles. The molecular weight excluding hydrogens is 553 g/mol. The first-order chi connectivity index (χ1) is 18.2. The number of anilines is 1. The molecule has 0 saturated carbocycles. The molecule has 2 aromatic rings. The van der Waals surface area contributed by atoms with Gasteiger partial charge in [0.05, 0.1) is 6.54 Å². The zero-order chi connectivity index (χ0) is 29.1. The highest BCUT2D eigenvalue weighted by atomic mass is 32.2. The Morgan fingerprint density at radius 3 is 2.18 bits per heavy atom. The number of carbonyl (C=O) groups excluding carboxylic acids is 3. The second-order valence-corrected chi connectivity index (χ2v) is 10.5. The van der Waals surface area contributed by atoms with Gasteiger partial charge in [0.15, 0.2) is 23.3 Å². The number of alkyl halides is 1. The van der Waals surface area contributed by atoms with Crippen LogP contribution in [0.3, 0.4) is 0 Å². The molecule has 16 heteroatoms. The third-order valence-electron chi connectivity index (χ3n) is 5.81. The number of hydrogen-bond donors (Lipinski definition) is 3. The number of halogens is 5. The van der Waals surface area contributed by atoms with Crippen LogP contribution < -0.4 is 15.4 Å². The van der Waals surface area contributed by atoms with Crippen molar-refractivity contribution >= 4 is 33.4 Å². The van der Waals surface area contributed by atoms with Gasteiger partial charge in [0, 0.05) is 49.7 Å². The molecule has 3 N–H and O–H groups in total. The second kappa shape index (κ2) is 12.1. The van der Waals surface area contributed by atoms with Crippen LogP contribution in [0.5, 0.6) is 0 Å². The lowest BCUT2D eigenvalue weighted by Gasteiger charge is -2.31. The van der Waals surface area contributed by atoms with Gasteiger partial charge in [-0.15, -0.1) is 0 Å². The molecule has 10 nitrogen and oxygen atoms in total. The maximum absolute atomic E-state index is 15.4. The van der Waals surface area contributed by atoms with Crippen molar-refractivity contribution in [3.63, 3.8) is 0 Å². The lowest BCUT2D eigenvalue weighted by atomic mass is 10.1. The molecule has 0 bridgehead atoms. The molecule has 1 aliphatic rings. The SMILES string of the molecule is CCNC(=O)C(=O)N1CCC(NS(=O)(=O)c2cn(CC(C)F)c(C(=O)Nc3cc(F)c(F)c(F)c3)c2F)CC1. The van der Waals surface area contributed by atoms with Gasteiger partial charge in [0.1, 0.15) is 16.8 Å². The van der Waals surface area contributed by atoms with E-state index in [-0.39, 0.29) is 32.5 Å². The molecule has 0 aliphatic carbocycles. The first-order valence-electron chi connectivity index (χ1n) is 11.8. The van der Waals surface area contributed by atoms with Crippen LogP contribution in [-0.4, -0.2) is 67.5 Å². The van der Waals surface area contributed by atoms with E-state index >= 15 is 4.39 Å². The van der Waals surface area contributed by atoms with Crippen molar-refractivity contribution in [2.45, 2.75) is 50.3 Å². The van der Waals surface area contributed by atoms with Crippen LogP contribution >= 0.6 is 0 Å². The van der Waals surface area contributed by atoms with Gasteiger partial charge in [-0.2, -0.15) is 0 Å². The Morgan fingerprint density at radius 1 is 1.05 bits per heavy atom. The molecule has 214 valence electrons. The average molecular weight is 580 g/mol. The number of rotatable bonds is 8. The van der Waals surface area contributed by atoms with Gasteiger partial charge in [-0.05, 0) is 26.7 Å². The predicted molar refractivity (Wildman–Crippen MR) is 128 cm³/mol. The first-order valence-corrected chi connectivity index (χ1v) is 13.3. The second-order valence-electron chi connectivity index (χ2n) is 8.84. The van der Waals surface area contributed by atoms with Gasteiger partial charge in [0.25, 0.3) is 5.91 Å². The van der Waals surface area contributed by atoms with Crippen LogP contribution in [0.15, 0.2) is 23.2 Å². The van der Waals surface area contributed by atoms with E-state index in [0.717, 1.165) is 6.92 Å². The highest BCUT2D eigenvalue weighted by Gasteiger charge is 2.34. The molecule has 1 aliphatic heterocycles. The van der Waals surface area contributed by atoms with Crippen molar-refractivity contribution in [3.05, 3.63) is 47.3 Å². The van der Waals surface area contributed by atoms with Gasteiger partial charge in [0.2, 0.25) is 10.0 Å². The molecule has 1 unspecified atom stereocenters. The molecular formula is C23H26F5N5O5S. The van der Waals surface area contributed by atoms with E-state index in [1.807, 2.05) is 5.32 Å². The molecule has 1 atom stereocenters. The molecule has 1 aromatic carbocycles. The maximum Gasteiger partial charge on any atom is 0.311 e. The fourth-order valence-corrected chi connectivity index (χ4v) is 5.42. The van der Waals surface area contributed by atoms with Crippen molar-refractivity contribution in [2.75, 3.05) is 25.0 Å². The highest BCUT2D eigenvalue weighted by Crippen LogP contribution is 2.25. The molecule has 0 spiro atoms. The Kier molecular flexibility index (Phi) is 9.32. The van der Waals surface area contributed by atoms with Gasteiger partial charge in [-0.1, -0.05) is 0 Å². The third-order valence-corrected chi connectivity index (χ3v) is 7.32. The number of amides is 3. The number of aromatic nitrogens is 1. The van der Waals surface area contributed by atoms with Crippen LogP contribution in [0, 0.1) is 23.3 Å². The standard InChI is InChI=1S/C23H26F5N5O5S/c1-3-29-22(35)23(36)32-6-4-13(5-7-32)31-39(37,38)17-11-33(10-12(2)24)20(19(17)28)21(34)30-14-8-15(25)18(27)16(26)9-14/h8-9,11-13,31H,3-7,10H2,1-2H3,(H,29,35)(H,30,34). The Morgan fingerprint density at radius 2 is 1.64 bits per heavy atom. The maximum atomic E-state index is 15.4. The van der Waals surface area contributed by atoms with Gasteiger partial charge in [-0.25, -0.2) is 35.1 Å². The summed E-state index contributed by atoms with van der Waals surface area (Å²) in [4.78, 5) is 36.9. The molecule has 2 heterocycles.